The highest BCUT2D eigenvalue weighted by atomic mass is 16.6. The second-order valence-corrected chi connectivity index (χ2v) is 6.22. The topological polar surface area (TPSA) is 66.8 Å². The first-order valence-corrected chi connectivity index (χ1v) is 7.36. The quantitative estimate of drug-likeness (QED) is 0.778. The fraction of sp³-hybridized carbons (Fsp3) is 0.867. The van der Waals surface area contributed by atoms with Crippen molar-refractivity contribution in [2.75, 3.05) is 6.54 Å². The number of carboxylic acid groups (broad SMARTS) is 1. The van der Waals surface area contributed by atoms with Gasteiger partial charge < -0.3 is 9.84 Å². The fourth-order valence-electron chi connectivity index (χ4n) is 2.20. The summed E-state index contributed by atoms with van der Waals surface area (Å²) in [5, 5.41) is 9.47. The largest absolute Gasteiger partial charge is 0.480 e. The molecule has 1 amide bonds. The molecule has 0 aliphatic carbocycles. The molecule has 0 aromatic heterocycles. The number of ether oxygens (including phenoxy) is 1. The van der Waals surface area contributed by atoms with Gasteiger partial charge in [0.1, 0.15) is 11.6 Å². The average molecular weight is 287 g/mol. The molecule has 0 aliphatic heterocycles. The summed E-state index contributed by atoms with van der Waals surface area (Å²) in [5.41, 5.74) is -0.625. The molecule has 0 aromatic carbocycles. The molecule has 0 aromatic rings. The van der Waals surface area contributed by atoms with Crippen LogP contribution in [0.15, 0.2) is 0 Å². The molecule has 5 heteroatoms. The highest BCUT2D eigenvalue weighted by molar-refractivity contribution is 5.80. The maximum Gasteiger partial charge on any atom is 0.411 e. The molecule has 0 radical (unpaired) electrons. The predicted octanol–water partition coefficient (Wildman–Crippen LogP) is 3.52. The summed E-state index contributed by atoms with van der Waals surface area (Å²) in [5.74, 6) is -1.07. The Morgan fingerprint density at radius 1 is 1.20 bits per heavy atom. The van der Waals surface area contributed by atoms with Crippen molar-refractivity contribution in [3.05, 3.63) is 0 Å². The van der Waals surface area contributed by atoms with Crippen LogP contribution >= 0.6 is 0 Å². The number of nitrogens with zero attached hydrogens (tertiary/aromatic N) is 1. The third-order valence-electron chi connectivity index (χ3n) is 2.96. The van der Waals surface area contributed by atoms with Crippen molar-refractivity contribution < 1.29 is 19.4 Å². The predicted molar refractivity (Wildman–Crippen MR) is 78.7 cm³/mol. The molecule has 0 saturated carbocycles. The number of aliphatic carboxylic acids is 1. The normalized spacial score (nSPS) is 14.5. The second kappa shape index (κ2) is 8.12. The zero-order valence-electron chi connectivity index (χ0n) is 13.6. The lowest BCUT2D eigenvalue weighted by Gasteiger charge is -2.34. The van der Waals surface area contributed by atoms with Crippen molar-refractivity contribution in [1.82, 2.24) is 4.90 Å². The molecule has 20 heavy (non-hydrogen) atoms. The Balaban J connectivity index is 5.17. The van der Waals surface area contributed by atoms with Gasteiger partial charge in [-0.3, -0.25) is 4.90 Å². The third kappa shape index (κ3) is 6.26. The molecule has 0 saturated heterocycles. The third-order valence-corrected chi connectivity index (χ3v) is 2.96. The van der Waals surface area contributed by atoms with E-state index in [9.17, 15) is 14.7 Å². The monoisotopic (exact) mass is 287 g/mol. The lowest BCUT2D eigenvalue weighted by Crippen LogP contribution is -2.50. The van der Waals surface area contributed by atoms with Gasteiger partial charge in [-0.05, 0) is 39.5 Å². The fourth-order valence-corrected chi connectivity index (χ4v) is 2.20. The van der Waals surface area contributed by atoms with Crippen LogP contribution in [0.25, 0.3) is 0 Å². The van der Waals surface area contributed by atoms with Crippen molar-refractivity contribution in [3.63, 3.8) is 0 Å². The van der Waals surface area contributed by atoms with Crippen molar-refractivity contribution in [1.29, 1.82) is 0 Å². The van der Waals surface area contributed by atoms with Crippen LogP contribution in [0, 0.1) is 5.92 Å². The highest BCUT2D eigenvalue weighted by Crippen LogP contribution is 2.20. The first-order valence-electron chi connectivity index (χ1n) is 7.36. The number of carbonyl (C=O) groups is 2. The summed E-state index contributed by atoms with van der Waals surface area (Å²) in [6.07, 6.45) is 1.80. The van der Waals surface area contributed by atoms with Gasteiger partial charge in [0.15, 0.2) is 0 Å². The van der Waals surface area contributed by atoms with E-state index in [1.165, 1.54) is 4.90 Å². The Bertz CT molecular complexity index is 322. The zero-order valence-corrected chi connectivity index (χ0v) is 13.6. The molecule has 0 rings (SSSR count). The molecular formula is C15H29NO4. The zero-order chi connectivity index (χ0) is 15.9. The van der Waals surface area contributed by atoms with Crippen molar-refractivity contribution in [2.24, 2.45) is 5.92 Å². The Kier molecular flexibility index (Phi) is 7.61. The summed E-state index contributed by atoms with van der Waals surface area (Å²) in [4.78, 5) is 25.2. The van der Waals surface area contributed by atoms with E-state index in [1.807, 2.05) is 20.8 Å². The van der Waals surface area contributed by atoms with Crippen LogP contribution in [0.2, 0.25) is 0 Å². The standard InChI is InChI=1S/C15H29NO4/c1-7-9-11(3)12(13(17)18)16(10-8-2)14(19)20-15(4,5)6/h11-12H,7-10H2,1-6H3,(H,17,18). The molecule has 1 N–H and O–H groups in total. The van der Waals surface area contributed by atoms with Gasteiger partial charge in [-0.25, -0.2) is 9.59 Å². The Morgan fingerprint density at radius 2 is 1.75 bits per heavy atom. The SMILES string of the molecule is CCCC(C)C(C(=O)O)N(CCC)C(=O)OC(C)(C)C. The van der Waals surface area contributed by atoms with Gasteiger partial charge in [0.25, 0.3) is 0 Å². The Morgan fingerprint density at radius 3 is 2.10 bits per heavy atom. The number of rotatable bonds is 7. The Labute approximate surface area is 122 Å². The molecule has 5 nitrogen and oxygen atoms in total. The summed E-state index contributed by atoms with van der Waals surface area (Å²) in [6.45, 7) is 11.5. The van der Waals surface area contributed by atoms with E-state index < -0.39 is 23.7 Å². The van der Waals surface area contributed by atoms with Gasteiger partial charge in [-0.2, -0.15) is 0 Å². The summed E-state index contributed by atoms with van der Waals surface area (Å²) < 4.78 is 5.34. The number of carbonyl (C=O) groups excluding carboxylic acids is 1. The summed E-state index contributed by atoms with van der Waals surface area (Å²) in [7, 11) is 0. The van der Waals surface area contributed by atoms with E-state index >= 15 is 0 Å². The van der Waals surface area contributed by atoms with E-state index in [-0.39, 0.29) is 5.92 Å². The molecular weight excluding hydrogens is 258 g/mol. The number of hydrogen-bond acceptors (Lipinski definition) is 3. The molecule has 0 fully saturated rings. The van der Waals surface area contributed by atoms with E-state index in [1.54, 1.807) is 20.8 Å². The molecule has 2 atom stereocenters. The van der Waals surface area contributed by atoms with Crippen LogP contribution in [0.4, 0.5) is 4.79 Å². The van der Waals surface area contributed by atoms with Crippen LogP contribution in [0.1, 0.15) is 60.8 Å². The maximum absolute atomic E-state index is 12.2. The lowest BCUT2D eigenvalue weighted by atomic mass is 9.95. The van der Waals surface area contributed by atoms with E-state index in [4.69, 9.17) is 4.74 Å². The summed E-state index contributed by atoms with van der Waals surface area (Å²) in [6, 6.07) is -0.829. The van der Waals surface area contributed by atoms with Gasteiger partial charge in [0.05, 0.1) is 0 Å². The van der Waals surface area contributed by atoms with Gasteiger partial charge in [-0.15, -0.1) is 0 Å². The molecule has 118 valence electrons. The molecule has 0 heterocycles. The van der Waals surface area contributed by atoms with Crippen molar-refractivity contribution in [2.45, 2.75) is 72.4 Å². The smallest absolute Gasteiger partial charge is 0.411 e. The molecule has 2 unspecified atom stereocenters. The van der Waals surface area contributed by atoms with Crippen molar-refractivity contribution in [3.8, 4) is 0 Å². The van der Waals surface area contributed by atoms with Crippen LogP contribution in [-0.2, 0) is 9.53 Å². The minimum absolute atomic E-state index is 0.100. The first-order chi connectivity index (χ1) is 9.14. The van der Waals surface area contributed by atoms with Gasteiger partial charge in [0.2, 0.25) is 0 Å². The van der Waals surface area contributed by atoms with Crippen LogP contribution < -0.4 is 0 Å². The minimum Gasteiger partial charge on any atom is -0.480 e. The maximum atomic E-state index is 12.2. The van der Waals surface area contributed by atoms with Crippen molar-refractivity contribution >= 4 is 12.1 Å². The lowest BCUT2D eigenvalue weighted by molar-refractivity contribution is -0.145. The first kappa shape index (κ1) is 18.7. The van der Waals surface area contributed by atoms with E-state index in [0.717, 1.165) is 12.8 Å². The number of hydrogen-bond donors (Lipinski definition) is 1. The molecule has 0 spiro atoms. The number of carboxylic acids is 1. The average Bonchev–Trinajstić information content (AvgIpc) is 2.25. The summed E-state index contributed by atoms with van der Waals surface area (Å²) >= 11 is 0. The second-order valence-electron chi connectivity index (χ2n) is 6.22. The van der Waals surface area contributed by atoms with Gasteiger partial charge in [-0.1, -0.05) is 27.2 Å². The Hall–Kier alpha value is -1.26. The number of amides is 1. The van der Waals surface area contributed by atoms with Crippen LogP contribution in [-0.4, -0.2) is 40.3 Å². The van der Waals surface area contributed by atoms with Crippen LogP contribution in [0.3, 0.4) is 0 Å². The molecule has 0 aliphatic rings. The van der Waals surface area contributed by atoms with Crippen LogP contribution in [0.5, 0.6) is 0 Å². The minimum atomic E-state index is -0.967. The van der Waals surface area contributed by atoms with E-state index in [2.05, 4.69) is 0 Å². The van der Waals surface area contributed by atoms with Gasteiger partial charge in [0, 0.05) is 6.54 Å². The van der Waals surface area contributed by atoms with Gasteiger partial charge >= 0.3 is 12.1 Å². The van der Waals surface area contributed by atoms with E-state index in [0.29, 0.717) is 13.0 Å². The highest BCUT2D eigenvalue weighted by Gasteiger charge is 2.35. The molecule has 0 bridgehead atoms.